The number of fused-ring (bicyclic) bond motifs is 1. The van der Waals surface area contributed by atoms with Gasteiger partial charge in [-0.25, -0.2) is 15.1 Å². The van der Waals surface area contributed by atoms with E-state index in [1.165, 1.54) is 35.0 Å². The van der Waals surface area contributed by atoms with Crippen LogP contribution in [0.15, 0.2) is 48.2 Å². The van der Waals surface area contributed by atoms with Gasteiger partial charge in [0.2, 0.25) is 5.78 Å². The summed E-state index contributed by atoms with van der Waals surface area (Å²) in [6, 6.07) is 10.2. The third kappa shape index (κ3) is 5.19. The first-order valence-electron chi connectivity index (χ1n) is 11.5. The third-order valence-electron chi connectivity index (χ3n) is 6.77. The summed E-state index contributed by atoms with van der Waals surface area (Å²) in [4.78, 5) is 24.6. The van der Waals surface area contributed by atoms with Crippen molar-refractivity contribution in [2.45, 2.75) is 37.6 Å². The lowest BCUT2D eigenvalue weighted by Crippen LogP contribution is -2.24. The SMILES string of the molecule is CN1Cc2ccccc2C1c1csc(C(=O)c2cncnc2N[C@@H]2C[C@H](COS(N)(=O)=O)[C@@H](O)C2)c1. The number of carbonyl (C=O) groups is 1. The molecule has 1 aliphatic heterocycles. The van der Waals surface area contributed by atoms with Gasteiger partial charge in [-0.1, -0.05) is 24.3 Å². The Bertz CT molecular complexity index is 1380. The van der Waals surface area contributed by atoms with Gasteiger partial charge in [-0.3, -0.25) is 13.9 Å². The van der Waals surface area contributed by atoms with Gasteiger partial charge in [0.1, 0.15) is 12.1 Å². The lowest BCUT2D eigenvalue weighted by Gasteiger charge is -2.19. The van der Waals surface area contributed by atoms with Crippen molar-refractivity contribution < 1.29 is 22.5 Å². The molecular weight excluding hydrogens is 502 g/mol. The van der Waals surface area contributed by atoms with Gasteiger partial charge in [0.05, 0.1) is 29.2 Å². The van der Waals surface area contributed by atoms with Gasteiger partial charge in [0.15, 0.2) is 0 Å². The summed E-state index contributed by atoms with van der Waals surface area (Å²) in [6.07, 6.45) is 2.87. The first kappa shape index (κ1) is 24.9. The van der Waals surface area contributed by atoms with Crippen LogP contribution in [0.3, 0.4) is 0 Å². The number of hydrogen-bond acceptors (Lipinski definition) is 10. The van der Waals surface area contributed by atoms with Gasteiger partial charge in [0.25, 0.3) is 0 Å². The van der Waals surface area contributed by atoms with Crippen LogP contribution >= 0.6 is 11.3 Å². The Balaban J connectivity index is 1.32. The average molecular weight is 530 g/mol. The number of rotatable bonds is 8. The highest BCUT2D eigenvalue weighted by molar-refractivity contribution is 7.84. The summed E-state index contributed by atoms with van der Waals surface area (Å²) in [7, 11) is -2.01. The summed E-state index contributed by atoms with van der Waals surface area (Å²) in [5, 5.41) is 20.5. The highest BCUT2D eigenvalue weighted by Crippen LogP contribution is 2.39. The molecule has 3 aromatic rings. The Kier molecular flexibility index (Phi) is 6.90. The number of benzene rings is 1. The van der Waals surface area contributed by atoms with E-state index in [9.17, 15) is 18.3 Å². The van der Waals surface area contributed by atoms with E-state index in [2.05, 4.69) is 43.5 Å². The van der Waals surface area contributed by atoms with Crippen molar-refractivity contribution in [1.82, 2.24) is 14.9 Å². The van der Waals surface area contributed by atoms with Crippen molar-refractivity contribution in [2.24, 2.45) is 11.1 Å². The van der Waals surface area contributed by atoms with Crippen LogP contribution in [0.5, 0.6) is 0 Å². The number of nitrogens with one attached hydrogen (secondary N) is 1. The Morgan fingerprint density at radius 1 is 1.33 bits per heavy atom. The van der Waals surface area contributed by atoms with Crippen LogP contribution in [-0.4, -0.2) is 60.0 Å². The number of nitrogens with zero attached hydrogens (tertiary/aromatic N) is 3. The molecule has 0 amide bonds. The fourth-order valence-corrected chi connectivity index (χ4v) is 6.35. The molecule has 190 valence electrons. The van der Waals surface area contributed by atoms with Crippen LogP contribution in [0, 0.1) is 5.92 Å². The van der Waals surface area contributed by atoms with Crippen LogP contribution in [0.25, 0.3) is 0 Å². The molecule has 1 aliphatic carbocycles. The number of nitrogens with two attached hydrogens (primary N) is 1. The summed E-state index contributed by atoms with van der Waals surface area (Å²) in [5.41, 5.74) is 3.95. The van der Waals surface area contributed by atoms with Crippen molar-refractivity contribution in [2.75, 3.05) is 19.0 Å². The maximum atomic E-state index is 13.5. The monoisotopic (exact) mass is 529 g/mol. The molecule has 1 saturated carbocycles. The largest absolute Gasteiger partial charge is 0.393 e. The van der Waals surface area contributed by atoms with Gasteiger partial charge in [-0.15, -0.1) is 11.3 Å². The Morgan fingerprint density at radius 2 is 2.14 bits per heavy atom. The maximum Gasteiger partial charge on any atom is 0.333 e. The lowest BCUT2D eigenvalue weighted by molar-refractivity contribution is 0.101. The first-order valence-corrected chi connectivity index (χ1v) is 13.9. The Hall–Kier alpha value is -2.74. The predicted molar refractivity (Wildman–Crippen MR) is 135 cm³/mol. The van der Waals surface area contributed by atoms with E-state index in [1.54, 1.807) is 0 Å². The zero-order valence-electron chi connectivity index (χ0n) is 19.6. The lowest BCUT2D eigenvalue weighted by atomic mass is 9.99. The van der Waals surface area contributed by atoms with Crippen LogP contribution in [-0.2, 0) is 21.0 Å². The first-order chi connectivity index (χ1) is 17.2. The molecule has 36 heavy (non-hydrogen) atoms. The number of carbonyl (C=O) groups excluding carboxylic acids is 1. The van der Waals surface area contributed by atoms with Crippen molar-refractivity contribution >= 4 is 33.2 Å². The smallest absolute Gasteiger partial charge is 0.333 e. The zero-order valence-corrected chi connectivity index (χ0v) is 21.2. The second kappa shape index (κ2) is 9.96. The number of aliphatic hydroxyl groups is 1. The van der Waals surface area contributed by atoms with E-state index < -0.39 is 22.3 Å². The second-order valence-corrected chi connectivity index (χ2v) is 11.4. The fourth-order valence-electron chi connectivity index (χ4n) is 5.11. The van der Waals surface area contributed by atoms with Crippen molar-refractivity contribution in [3.63, 3.8) is 0 Å². The van der Waals surface area contributed by atoms with Gasteiger partial charge >= 0.3 is 10.3 Å². The Labute approximate surface area is 213 Å². The molecule has 0 radical (unpaired) electrons. The van der Waals surface area contributed by atoms with Gasteiger partial charge in [0, 0.05) is 24.7 Å². The molecule has 5 rings (SSSR count). The average Bonchev–Trinajstić information content (AvgIpc) is 3.53. The van der Waals surface area contributed by atoms with Gasteiger partial charge in [-0.2, -0.15) is 8.42 Å². The Morgan fingerprint density at radius 3 is 2.94 bits per heavy atom. The molecule has 4 atom stereocenters. The molecule has 1 aromatic carbocycles. The summed E-state index contributed by atoms with van der Waals surface area (Å²) >= 11 is 1.39. The minimum atomic E-state index is -4.08. The molecule has 12 heteroatoms. The van der Waals surface area contributed by atoms with E-state index in [4.69, 9.17) is 5.14 Å². The molecule has 1 unspecified atom stereocenters. The summed E-state index contributed by atoms with van der Waals surface area (Å²) < 4.78 is 26.8. The van der Waals surface area contributed by atoms with E-state index in [0.717, 1.165) is 12.1 Å². The number of anilines is 1. The molecule has 2 aliphatic rings. The number of hydrogen-bond donors (Lipinski definition) is 3. The van der Waals surface area contributed by atoms with Crippen LogP contribution in [0.1, 0.15) is 50.8 Å². The van der Waals surface area contributed by atoms with E-state index in [0.29, 0.717) is 29.1 Å². The molecule has 0 saturated heterocycles. The molecule has 10 nitrogen and oxygen atoms in total. The second-order valence-electron chi connectivity index (χ2n) is 9.29. The molecule has 2 aromatic heterocycles. The fraction of sp³-hybridized carbons (Fsp3) is 0.375. The van der Waals surface area contributed by atoms with Gasteiger partial charge in [-0.05, 0) is 48.0 Å². The molecule has 3 heterocycles. The number of ketones is 1. The maximum absolute atomic E-state index is 13.5. The van der Waals surface area contributed by atoms with Crippen LogP contribution in [0.4, 0.5) is 5.82 Å². The third-order valence-corrected chi connectivity index (χ3v) is 8.18. The number of thiophene rings is 1. The molecular formula is C24H27N5O5S2. The van der Waals surface area contributed by atoms with Crippen molar-refractivity contribution in [3.05, 3.63) is 75.4 Å². The predicted octanol–water partition coefficient (Wildman–Crippen LogP) is 2.08. The number of aromatic nitrogens is 2. The number of aliphatic hydroxyl groups excluding tert-OH is 1. The van der Waals surface area contributed by atoms with Gasteiger partial charge < -0.3 is 10.4 Å². The molecule has 1 fully saturated rings. The summed E-state index contributed by atoms with van der Waals surface area (Å²) in [5.74, 6) is -0.220. The molecule has 4 N–H and O–H groups in total. The minimum absolute atomic E-state index is 0.0973. The van der Waals surface area contributed by atoms with E-state index in [-0.39, 0.29) is 24.5 Å². The van der Waals surface area contributed by atoms with E-state index in [1.807, 2.05) is 23.6 Å². The summed E-state index contributed by atoms with van der Waals surface area (Å²) in [6.45, 7) is 0.654. The zero-order chi connectivity index (χ0) is 25.4. The molecule has 0 spiro atoms. The highest BCUT2D eigenvalue weighted by atomic mass is 32.2. The quantitative estimate of drug-likeness (QED) is 0.373. The normalized spacial score (nSPS) is 24.1. The molecule has 0 bridgehead atoms. The van der Waals surface area contributed by atoms with Crippen LogP contribution in [0.2, 0.25) is 0 Å². The van der Waals surface area contributed by atoms with E-state index >= 15 is 0 Å². The minimum Gasteiger partial charge on any atom is -0.393 e. The standard InChI is InChI=1S/C24H27N5O5S2/c1-29-10-14-4-2-3-5-18(14)22(29)16-7-21(35-12-16)23(31)19-9-26-13-27-24(19)28-17-6-15(20(30)8-17)11-34-36(25,32)33/h2-5,7,9,12-13,15,17,20,22,30H,6,8,10-11H2,1H3,(H2,25,32,33)(H,26,27,28)/t15-,17-,20+,22?/m1/s1. The van der Waals surface area contributed by atoms with Crippen molar-refractivity contribution in [1.29, 1.82) is 0 Å². The van der Waals surface area contributed by atoms with Crippen LogP contribution < -0.4 is 10.5 Å². The highest BCUT2D eigenvalue weighted by Gasteiger charge is 2.35. The topological polar surface area (TPSA) is 148 Å². The van der Waals surface area contributed by atoms with Crippen molar-refractivity contribution in [3.8, 4) is 0 Å².